The highest BCUT2D eigenvalue weighted by molar-refractivity contribution is 7.89. The van der Waals surface area contributed by atoms with Gasteiger partial charge in [0.05, 0.1) is 10.6 Å². The number of benzene rings is 1. The summed E-state index contributed by atoms with van der Waals surface area (Å²) in [7, 11) is -3.56. The summed E-state index contributed by atoms with van der Waals surface area (Å²) in [5.41, 5.74) is 5.17. The van der Waals surface area contributed by atoms with Crippen molar-refractivity contribution in [2.45, 2.75) is 30.2 Å². The van der Waals surface area contributed by atoms with Crippen LogP contribution in [0.15, 0.2) is 23.1 Å². The second kappa shape index (κ2) is 4.03. The van der Waals surface area contributed by atoms with E-state index in [2.05, 4.69) is 4.72 Å². The van der Waals surface area contributed by atoms with Crippen LogP contribution in [0, 0.1) is 5.82 Å². The Kier molecular flexibility index (Phi) is 2.86. The third-order valence-electron chi connectivity index (χ3n) is 2.70. The third kappa shape index (κ3) is 2.17. The van der Waals surface area contributed by atoms with Gasteiger partial charge in [-0.25, -0.2) is 17.5 Å². The number of anilines is 1. The molecular formula is C10H13FN2O2S. The lowest BCUT2D eigenvalue weighted by Crippen LogP contribution is -2.39. The van der Waals surface area contributed by atoms with Gasteiger partial charge in [-0.2, -0.15) is 0 Å². The van der Waals surface area contributed by atoms with Crippen LogP contribution in [0.25, 0.3) is 0 Å². The number of nitrogen functional groups attached to an aromatic ring is 1. The molecule has 6 heteroatoms. The number of nitrogens with one attached hydrogen (secondary N) is 1. The van der Waals surface area contributed by atoms with Crippen molar-refractivity contribution < 1.29 is 12.8 Å². The Morgan fingerprint density at radius 2 is 2.06 bits per heavy atom. The maximum absolute atomic E-state index is 12.9. The fourth-order valence-electron chi connectivity index (χ4n) is 1.50. The van der Waals surface area contributed by atoms with Crippen molar-refractivity contribution in [2.24, 2.45) is 0 Å². The molecule has 0 saturated heterocycles. The molecule has 0 bridgehead atoms. The summed E-state index contributed by atoms with van der Waals surface area (Å²) < 4.78 is 39.1. The van der Waals surface area contributed by atoms with E-state index in [0.29, 0.717) is 0 Å². The molecule has 0 heterocycles. The number of halogens is 1. The molecule has 0 radical (unpaired) electrons. The SMILES string of the molecule is Nc1cc(S(=O)(=O)NC2CCC2)ccc1F. The molecule has 4 nitrogen and oxygen atoms in total. The van der Waals surface area contributed by atoms with Gasteiger partial charge in [-0.1, -0.05) is 6.42 Å². The van der Waals surface area contributed by atoms with Gasteiger partial charge in [-0.15, -0.1) is 0 Å². The summed E-state index contributed by atoms with van der Waals surface area (Å²) in [4.78, 5) is 0.0123. The van der Waals surface area contributed by atoms with Gasteiger partial charge in [-0.3, -0.25) is 0 Å². The molecule has 1 aromatic carbocycles. The van der Waals surface area contributed by atoms with Crippen molar-refractivity contribution in [3.63, 3.8) is 0 Å². The first-order valence-corrected chi connectivity index (χ1v) is 6.55. The van der Waals surface area contributed by atoms with Crippen LogP contribution in [0.1, 0.15) is 19.3 Å². The van der Waals surface area contributed by atoms with Gasteiger partial charge in [0.15, 0.2) is 0 Å². The second-order valence-corrected chi connectivity index (χ2v) is 5.65. The number of hydrogen-bond acceptors (Lipinski definition) is 3. The normalized spacial score (nSPS) is 17.1. The first kappa shape index (κ1) is 11.3. The van der Waals surface area contributed by atoms with Crippen LogP contribution >= 0.6 is 0 Å². The predicted octanol–water partition coefficient (Wildman–Crippen LogP) is 1.24. The van der Waals surface area contributed by atoms with E-state index in [9.17, 15) is 12.8 Å². The van der Waals surface area contributed by atoms with Crippen LogP contribution in [-0.2, 0) is 10.0 Å². The van der Waals surface area contributed by atoms with Crippen molar-refractivity contribution in [1.29, 1.82) is 0 Å². The Morgan fingerprint density at radius 1 is 1.38 bits per heavy atom. The van der Waals surface area contributed by atoms with Crippen LogP contribution in [0.2, 0.25) is 0 Å². The molecule has 2 rings (SSSR count). The van der Waals surface area contributed by atoms with Crippen molar-refractivity contribution in [3.05, 3.63) is 24.0 Å². The Labute approximate surface area is 93.7 Å². The van der Waals surface area contributed by atoms with Gasteiger partial charge >= 0.3 is 0 Å². The lowest BCUT2D eigenvalue weighted by Gasteiger charge is -2.26. The molecule has 88 valence electrons. The maximum atomic E-state index is 12.9. The van der Waals surface area contributed by atoms with E-state index in [4.69, 9.17) is 5.73 Å². The summed E-state index contributed by atoms with van der Waals surface area (Å²) in [6, 6.07) is 3.42. The zero-order valence-electron chi connectivity index (χ0n) is 8.61. The topological polar surface area (TPSA) is 72.2 Å². The number of nitrogens with two attached hydrogens (primary N) is 1. The standard InChI is InChI=1S/C10H13FN2O2S/c11-9-5-4-8(6-10(9)12)16(14,15)13-7-2-1-3-7/h4-7,13H,1-3,12H2. The zero-order chi connectivity index (χ0) is 11.8. The Bertz CT molecular complexity index is 498. The van der Waals surface area contributed by atoms with E-state index >= 15 is 0 Å². The third-order valence-corrected chi connectivity index (χ3v) is 4.22. The van der Waals surface area contributed by atoms with Crippen molar-refractivity contribution >= 4 is 15.7 Å². The van der Waals surface area contributed by atoms with Crippen LogP contribution in [0.5, 0.6) is 0 Å². The van der Waals surface area contributed by atoms with Crippen molar-refractivity contribution in [2.75, 3.05) is 5.73 Å². The van der Waals surface area contributed by atoms with Gasteiger partial charge in [-0.05, 0) is 31.0 Å². The molecule has 0 atom stereocenters. The fourth-order valence-corrected chi connectivity index (χ4v) is 2.84. The van der Waals surface area contributed by atoms with E-state index in [1.54, 1.807) is 0 Å². The fraction of sp³-hybridized carbons (Fsp3) is 0.400. The van der Waals surface area contributed by atoms with E-state index in [0.717, 1.165) is 31.4 Å². The molecule has 1 aliphatic carbocycles. The Morgan fingerprint density at radius 3 is 2.56 bits per heavy atom. The van der Waals surface area contributed by atoms with Gasteiger partial charge in [0.1, 0.15) is 5.82 Å². The van der Waals surface area contributed by atoms with Crippen LogP contribution in [-0.4, -0.2) is 14.5 Å². The average molecular weight is 244 g/mol. The molecule has 3 N–H and O–H groups in total. The summed E-state index contributed by atoms with van der Waals surface area (Å²) in [5.74, 6) is -0.609. The van der Waals surface area contributed by atoms with Crippen LogP contribution in [0.3, 0.4) is 0 Å². The minimum absolute atomic E-state index is 0.0104. The first-order chi connectivity index (χ1) is 7.49. The number of hydrogen-bond donors (Lipinski definition) is 2. The molecule has 0 aromatic heterocycles. The molecule has 0 amide bonds. The summed E-state index contributed by atoms with van der Waals surface area (Å²) in [5, 5.41) is 0. The molecule has 1 fully saturated rings. The van der Waals surface area contributed by atoms with Gasteiger partial charge in [0.2, 0.25) is 10.0 Å². The second-order valence-electron chi connectivity index (χ2n) is 3.93. The van der Waals surface area contributed by atoms with E-state index < -0.39 is 15.8 Å². The highest BCUT2D eigenvalue weighted by Gasteiger charge is 2.24. The number of rotatable bonds is 3. The molecule has 1 aromatic rings. The quantitative estimate of drug-likeness (QED) is 0.786. The van der Waals surface area contributed by atoms with Crippen LogP contribution in [0.4, 0.5) is 10.1 Å². The van der Waals surface area contributed by atoms with E-state index in [1.807, 2.05) is 0 Å². The molecule has 0 unspecified atom stereocenters. The lowest BCUT2D eigenvalue weighted by atomic mass is 9.94. The monoisotopic (exact) mass is 244 g/mol. The highest BCUT2D eigenvalue weighted by atomic mass is 32.2. The smallest absolute Gasteiger partial charge is 0.240 e. The summed E-state index contributed by atoms with van der Waals surface area (Å²) in [6.45, 7) is 0. The predicted molar refractivity (Wildman–Crippen MR) is 58.8 cm³/mol. The molecule has 16 heavy (non-hydrogen) atoms. The minimum atomic E-state index is -3.56. The summed E-state index contributed by atoms with van der Waals surface area (Å²) >= 11 is 0. The molecule has 1 saturated carbocycles. The number of sulfonamides is 1. The zero-order valence-corrected chi connectivity index (χ0v) is 9.43. The molecule has 0 spiro atoms. The van der Waals surface area contributed by atoms with Gasteiger partial charge < -0.3 is 5.73 Å². The molecule has 0 aliphatic heterocycles. The maximum Gasteiger partial charge on any atom is 0.240 e. The largest absolute Gasteiger partial charge is 0.396 e. The average Bonchev–Trinajstić information content (AvgIpc) is 2.16. The Hall–Kier alpha value is -1.14. The molecular weight excluding hydrogens is 231 g/mol. The lowest BCUT2D eigenvalue weighted by molar-refractivity contribution is 0.383. The minimum Gasteiger partial charge on any atom is -0.396 e. The first-order valence-electron chi connectivity index (χ1n) is 5.06. The van der Waals surface area contributed by atoms with Gasteiger partial charge in [0.25, 0.3) is 0 Å². The van der Waals surface area contributed by atoms with Crippen LogP contribution < -0.4 is 10.5 Å². The highest BCUT2D eigenvalue weighted by Crippen LogP contribution is 2.22. The van der Waals surface area contributed by atoms with Gasteiger partial charge in [0, 0.05) is 6.04 Å². The van der Waals surface area contributed by atoms with Crippen molar-refractivity contribution in [1.82, 2.24) is 4.72 Å². The van der Waals surface area contributed by atoms with E-state index in [1.165, 1.54) is 6.07 Å². The van der Waals surface area contributed by atoms with E-state index in [-0.39, 0.29) is 16.6 Å². The Balaban J connectivity index is 2.24. The molecule has 1 aliphatic rings. The van der Waals surface area contributed by atoms with Crippen molar-refractivity contribution in [3.8, 4) is 0 Å². The summed E-state index contributed by atoms with van der Waals surface area (Å²) in [6.07, 6.45) is 2.75.